The summed E-state index contributed by atoms with van der Waals surface area (Å²) < 4.78 is 6.39. The minimum absolute atomic E-state index is 0.245. The van der Waals surface area contributed by atoms with E-state index in [1.807, 2.05) is 6.08 Å². The van der Waals surface area contributed by atoms with Crippen LogP contribution >= 0.6 is 0 Å². The van der Waals surface area contributed by atoms with E-state index in [2.05, 4.69) is 76.1 Å². The third kappa shape index (κ3) is 5.77. The molecular formula is C18H31NOSi. The van der Waals surface area contributed by atoms with E-state index in [9.17, 15) is 0 Å². The summed E-state index contributed by atoms with van der Waals surface area (Å²) in [5.74, 6) is 0. The van der Waals surface area contributed by atoms with Gasteiger partial charge in [0.25, 0.3) is 0 Å². The van der Waals surface area contributed by atoms with Crippen molar-refractivity contribution in [2.75, 3.05) is 13.2 Å². The average Bonchev–Trinajstić information content (AvgIpc) is 2.42. The average molecular weight is 306 g/mol. The summed E-state index contributed by atoms with van der Waals surface area (Å²) in [4.78, 5) is 0. The molecule has 0 radical (unpaired) electrons. The second kappa shape index (κ2) is 7.92. The van der Waals surface area contributed by atoms with Crippen LogP contribution in [-0.2, 0) is 4.43 Å². The van der Waals surface area contributed by atoms with Gasteiger partial charge < -0.3 is 9.74 Å². The zero-order valence-electron chi connectivity index (χ0n) is 14.3. The van der Waals surface area contributed by atoms with Gasteiger partial charge in [-0.1, -0.05) is 57.2 Å². The third-order valence-corrected chi connectivity index (χ3v) is 8.86. The van der Waals surface area contributed by atoms with Gasteiger partial charge in [0.2, 0.25) is 0 Å². The molecular weight excluding hydrogens is 274 g/mol. The summed E-state index contributed by atoms with van der Waals surface area (Å²) in [7, 11) is -1.71. The molecule has 1 aromatic rings. The summed E-state index contributed by atoms with van der Waals surface area (Å²) in [5.41, 5.74) is 1.29. The van der Waals surface area contributed by atoms with Gasteiger partial charge in [0.05, 0.1) is 12.6 Å². The monoisotopic (exact) mass is 305 g/mol. The summed E-state index contributed by atoms with van der Waals surface area (Å²) >= 11 is 0. The Morgan fingerprint density at radius 2 is 1.86 bits per heavy atom. The van der Waals surface area contributed by atoms with Crippen LogP contribution in [0, 0.1) is 0 Å². The predicted molar refractivity (Wildman–Crippen MR) is 95.1 cm³/mol. The second-order valence-electron chi connectivity index (χ2n) is 7.07. The Hall–Kier alpha value is -0.903. The Labute approximate surface area is 131 Å². The molecule has 0 heterocycles. The molecule has 3 heteroatoms. The zero-order chi connectivity index (χ0) is 15.9. The first-order valence-electron chi connectivity index (χ1n) is 7.81. The molecule has 0 saturated heterocycles. The van der Waals surface area contributed by atoms with Crippen molar-refractivity contribution in [2.45, 2.75) is 51.4 Å². The first-order valence-corrected chi connectivity index (χ1v) is 10.7. The lowest BCUT2D eigenvalue weighted by atomic mass is 10.1. The van der Waals surface area contributed by atoms with Gasteiger partial charge in [0.1, 0.15) is 0 Å². The van der Waals surface area contributed by atoms with Crippen LogP contribution in [0.4, 0.5) is 0 Å². The van der Waals surface area contributed by atoms with E-state index in [-0.39, 0.29) is 11.1 Å². The highest BCUT2D eigenvalue weighted by atomic mass is 28.4. The maximum atomic E-state index is 6.39. The first kappa shape index (κ1) is 18.1. The molecule has 118 valence electrons. The number of hydrogen-bond acceptors (Lipinski definition) is 2. The quantitative estimate of drug-likeness (QED) is 0.418. The van der Waals surface area contributed by atoms with E-state index in [1.165, 1.54) is 5.56 Å². The molecule has 0 unspecified atom stereocenters. The van der Waals surface area contributed by atoms with Crippen LogP contribution in [0.15, 0.2) is 43.0 Å². The van der Waals surface area contributed by atoms with Gasteiger partial charge in [-0.15, -0.1) is 6.58 Å². The number of nitrogens with one attached hydrogen (secondary N) is 1. The standard InChI is InChI=1S/C18H31NOSi/c1-7-8-14-19-17(16-12-10-9-11-13-16)15-20-21(5,6)18(2,3)4/h7,9-13,17,19H,1,8,14-15H2,2-6H3/t17-/m0/s1. The molecule has 0 fully saturated rings. The van der Waals surface area contributed by atoms with Gasteiger partial charge >= 0.3 is 0 Å². The van der Waals surface area contributed by atoms with Crippen LogP contribution < -0.4 is 5.32 Å². The number of benzene rings is 1. The van der Waals surface area contributed by atoms with Gasteiger partial charge in [-0.25, -0.2) is 0 Å². The van der Waals surface area contributed by atoms with Crippen molar-refractivity contribution < 1.29 is 4.43 Å². The Bertz CT molecular complexity index is 423. The van der Waals surface area contributed by atoms with Crippen LogP contribution in [-0.4, -0.2) is 21.5 Å². The Kier molecular flexibility index (Phi) is 6.85. The lowest BCUT2D eigenvalue weighted by Gasteiger charge is -2.37. The van der Waals surface area contributed by atoms with Gasteiger partial charge in [-0.3, -0.25) is 0 Å². The molecule has 1 atom stereocenters. The maximum Gasteiger partial charge on any atom is 0.192 e. The topological polar surface area (TPSA) is 21.3 Å². The van der Waals surface area contributed by atoms with E-state index in [4.69, 9.17) is 4.43 Å². The molecule has 1 N–H and O–H groups in total. The summed E-state index contributed by atoms with van der Waals surface area (Å²) in [6, 6.07) is 10.8. The molecule has 1 rings (SSSR count). The van der Waals surface area contributed by atoms with Crippen LogP contribution in [0.25, 0.3) is 0 Å². The van der Waals surface area contributed by atoms with Gasteiger partial charge in [0, 0.05) is 0 Å². The molecule has 0 aromatic heterocycles. The normalized spacial score (nSPS) is 14.0. The second-order valence-corrected chi connectivity index (χ2v) is 11.9. The molecule has 21 heavy (non-hydrogen) atoms. The lowest BCUT2D eigenvalue weighted by molar-refractivity contribution is 0.244. The molecule has 0 spiro atoms. The Morgan fingerprint density at radius 1 is 1.24 bits per heavy atom. The molecule has 0 amide bonds. The Morgan fingerprint density at radius 3 is 2.38 bits per heavy atom. The highest BCUT2D eigenvalue weighted by Crippen LogP contribution is 2.37. The van der Waals surface area contributed by atoms with Crippen molar-refractivity contribution in [1.29, 1.82) is 0 Å². The van der Waals surface area contributed by atoms with E-state index in [1.54, 1.807) is 0 Å². The lowest BCUT2D eigenvalue weighted by Crippen LogP contribution is -2.43. The Balaban J connectivity index is 2.72. The fraction of sp³-hybridized carbons (Fsp3) is 0.556. The number of hydrogen-bond donors (Lipinski definition) is 1. The third-order valence-electron chi connectivity index (χ3n) is 4.36. The molecule has 2 nitrogen and oxygen atoms in total. The van der Waals surface area contributed by atoms with Crippen molar-refractivity contribution in [2.24, 2.45) is 0 Å². The molecule has 0 aliphatic heterocycles. The largest absolute Gasteiger partial charge is 0.415 e. The smallest absolute Gasteiger partial charge is 0.192 e. The molecule has 0 aliphatic rings. The van der Waals surface area contributed by atoms with Crippen molar-refractivity contribution in [3.05, 3.63) is 48.6 Å². The molecule has 0 saturated carbocycles. The minimum atomic E-state index is -1.71. The summed E-state index contributed by atoms with van der Waals surface area (Å²) in [6.45, 7) is 16.9. The maximum absolute atomic E-state index is 6.39. The van der Waals surface area contributed by atoms with E-state index >= 15 is 0 Å². The van der Waals surface area contributed by atoms with Crippen LogP contribution in [0.5, 0.6) is 0 Å². The summed E-state index contributed by atoms with van der Waals surface area (Å²) in [5, 5.41) is 3.83. The van der Waals surface area contributed by atoms with Crippen LogP contribution in [0.3, 0.4) is 0 Å². The first-order chi connectivity index (χ1) is 9.78. The van der Waals surface area contributed by atoms with Crippen molar-refractivity contribution in [1.82, 2.24) is 5.32 Å². The van der Waals surface area contributed by atoms with Crippen molar-refractivity contribution in [3.63, 3.8) is 0 Å². The fourth-order valence-electron chi connectivity index (χ4n) is 1.83. The van der Waals surface area contributed by atoms with E-state index in [0.29, 0.717) is 0 Å². The highest BCUT2D eigenvalue weighted by molar-refractivity contribution is 6.74. The zero-order valence-corrected chi connectivity index (χ0v) is 15.3. The van der Waals surface area contributed by atoms with Crippen molar-refractivity contribution >= 4 is 8.32 Å². The van der Waals surface area contributed by atoms with E-state index in [0.717, 1.165) is 19.6 Å². The SMILES string of the molecule is C=CCCN[C@@H](CO[Si](C)(C)C(C)(C)C)c1ccccc1. The molecule has 0 aliphatic carbocycles. The van der Waals surface area contributed by atoms with Crippen LogP contribution in [0.1, 0.15) is 38.8 Å². The predicted octanol–water partition coefficient (Wildman–Crippen LogP) is 4.92. The fourth-order valence-corrected chi connectivity index (χ4v) is 2.84. The van der Waals surface area contributed by atoms with Gasteiger partial charge in [-0.2, -0.15) is 0 Å². The summed E-state index contributed by atoms with van der Waals surface area (Å²) in [6.07, 6.45) is 2.92. The molecule has 1 aromatic carbocycles. The van der Waals surface area contributed by atoms with Crippen molar-refractivity contribution in [3.8, 4) is 0 Å². The highest BCUT2D eigenvalue weighted by Gasteiger charge is 2.37. The van der Waals surface area contributed by atoms with Gasteiger partial charge in [0.15, 0.2) is 8.32 Å². The van der Waals surface area contributed by atoms with E-state index < -0.39 is 8.32 Å². The van der Waals surface area contributed by atoms with Crippen LogP contribution in [0.2, 0.25) is 18.1 Å². The molecule has 0 bridgehead atoms. The number of rotatable bonds is 8. The van der Waals surface area contributed by atoms with Gasteiger partial charge in [-0.05, 0) is 36.7 Å². The minimum Gasteiger partial charge on any atom is -0.415 e.